The maximum atomic E-state index is 13.9. The minimum atomic E-state index is -1.75. The van der Waals surface area contributed by atoms with Crippen molar-refractivity contribution in [1.29, 1.82) is 0 Å². The van der Waals surface area contributed by atoms with Crippen molar-refractivity contribution in [3.8, 4) is 9.75 Å². The van der Waals surface area contributed by atoms with Crippen molar-refractivity contribution in [2.45, 2.75) is 11.6 Å². The minimum Gasteiger partial charge on any atom is -0.339 e. The van der Waals surface area contributed by atoms with Gasteiger partial charge in [0.2, 0.25) is 11.6 Å². The van der Waals surface area contributed by atoms with Crippen LogP contribution in [0.15, 0.2) is 36.4 Å². The summed E-state index contributed by atoms with van der Waals surface area (Å²) in [4.78, 5) is 27.4. The monoisotopic (exact) mass is 624 g/mol. The average Bonchev–Trinajstić information content (AvgIpc) is 3.77. The summed E-state index contributed by atoms with van der Waals surface area (Å²) in [7, 11) is 0. The van der Waals surface area contributed by atoms with E-state index >= 15 is 0 Å². The van der Waals surface area contributed by atoms with E-state index in [4.69, 9.17) is 18.9 Å². The van der Waals surface area contributed by atoms with E-state index in [0.717, 1.165) is 22.7 Å². The molecule has 1 aliphatic carbocycles. The van der Waals surface area contributed by atoms with Gasteiger partial charge in [-0.05, 0) is 36.4 Å². The Kier molecular flexibility index (Phi) is 6.24. The standard InChI is InChI=1S/C28H14F6O6S2/c29-15-5-11(6-16(30)21(15)33)23(35)19-9-13-25(41-19)26-14(28(39-3-4-40-28)27(13)37-1-2-38-27)10-20(42-26)24(36)12-7-17(31)22(34)18(32)8-12/h5-10H,1-4H2. The first kappa shape index (κ1) is 27.4. The van der Waals surface area contributed by atoms with Gasteiger partial charge in [-0.3, -0.25) is 9.59 Å². The summed E-state index contributed by atoms with van der Waals surface area (Å²) in [5.41, 5.74) is -0.327. The second-order valence-corrected chi connectivity index (χ2v) is 11.6. The number of thiophene rings is 2. The average molecular weight is 625 g/mol. The second kappa shape index (κ2) is 9.56. The molecule has 42 heavy (non-hydrogen) atoms. The van der Waals surface area contributed by atoms with Crippen molar-refractivity contribution in [2.75, 3.05) is 26.4 Å². The Morgan fingerprint density at radius 2 is 0.857 bits per heavy atom. The van der Waals surface area contributed by atoms with Gasteiger partial charge in [0, 0.05) is 22.3 Å². The number of benzene rings is 2. The SMILES string of the molecule is O=C(c1cc(F)c(F)c(F)c1)c1cc2c(s1)-c1sc(C(=O)c3cc(F)c(F)c(F)c3)cc1C1(OCCO1)C21OCCO1. The Balaban J connectivity index is 1.41. The number of halogens is 6. The van der Waals surface area contributed by atoms with Gasteiger partial charge in [0.05, 0.1) is 45.9 Å². The molecule has 2 fully saturated rings. The Bertz CT molecular complexity index is 1640. The Morgan fingerprint density at radius 1 is 0.548 bits per heavy atom. The summed E-state index contributed by atoms with van der Waals surface area (Å²) in [6.45, 7) is 0.392. The molecule has 2 saturated heterocycles. The van der Waals surface area contributed by atoms with E-state index in [1.54, 1.807) is 0 Å². The van der Waals surface area contributed by atoms with Crippen LogP contribution in [0.2, 0.25) is 0 Å². The topological polar surface area (TPSA) is 71.1 Å². The van der Waals surface area contributed by atoms with Gasteiger partial charge in [-0.2, -0.15) is 0 Å². The first-order valence-electron chi connectivity index (χ1n) is 12.3. The fraction of sp³-hybridized carbons (Fsp3) is 0.214. The predicted molar refractivity (Wildman–Crippen MR) is 134 cm³/mol. The number of carbonyl (C=O) groups is 2. The number of fused-ring (bicyclic) bond motifs is 6. The van der Waals surface area contributed by atoms with Crippen molar-refractivity contribution in [3.63, 3.8) is 0 Å². The zero-order valence-corrected chi connectivity index (χ0v) is 22.5. The van der Waals surface area contributed by atoms with Gasteiger partial charge in [-0.1, -0.05) is 0 Å². The number of hydrogen-bond donors (Lipinski definition) is 0. The highest BCUT2D eigenvalue weighted by atomic mass is 32.1. The lowest BCUT2D eigenvalue weighted by atomic mass is 9.84. The number of carbonyl (C=O) groups excluding carboxylic acids is 2. The molecule has 2 spiro atoms. The molecule has 6 nitrogen and oxygen atoms in total. The maximum Gasteiger partial charge on any atom is 0.257 e. The summed E-state index contributed by atoms with van der Waals surface area (Å²) in [5, 5.41) is 0. The van der Waals surface area contributed by atoms with Gasteiger partial charge >= 0.3 is 0 Å². The maximum absolute atomic E-state index is 13.9. The van der Waals surface area contributed by atoms with E-state index in [1.165, 1.54) is 12.1 Å². The number of ketones is 2. The van der Waals surface area contributed by atoms with Crippen molar-refractivity contribution in [1.82, 2.24) is 0 Å². The van der Waals surface area contributed by atoms with Crippen molar-refractivity contribution in [3.05, 3.63) is 103 Å². The predicted octanol–water partition coefficient (Wildman–Crippen LogP) is 6.19. The van der Waals surface area contributed by atoms with Crippen LogP contribution in [0.1, 0.15) is 41.6 Å². The normalized spacial score (nSPS) is 18.0. The van der Waals surface area contributed by atoms with Gasteiger partial charge in [0.1, 0.15) is 0 Å². The van der Waals surface area contributed by atoms with Gasteiger partial charge < -0.3 is 18.9 Å². The number of hydrogen-bond acceptors (Lipinski definition) is 8. The number of rotatable bonds is 4. The lowest BCUT2D eigenvalue weighted by Gasteiger charge is -2.44. The molecule has 2 aliphatic heterocycles. The van der Waals surface area contributed by atoms with Crippen molar-refractivity contribution in [2.24, 2.45) is 0 Å². The third kappa shape index (κ3) is 3.72. The Labute approximate surface area is 240 Å². The molecule has 216 valence electrons. The summed E-state index contributed by atoms with van der Waals surface area (Å²) in [6, 6.07) is 5.12. The quantitative estimate of drug-likeness (QED) is 0.153. The lowest BCUT2D eigenvalue weighted by Crippen LogP contribution is -2.53. The van der Waals surface area contributed by atoms with Crippen LogP contribution in [0.5, 0.6) is 0 Å². The van der Waals surface area contributed by atoms with Crippen LogP contribution in [0.3, 0.4) is 0 Å². The minimum absolute atomic E-state index is 0.0196. The molecule has 2 aromatic carbocycles. The summed E-state index contributed by atoms with van der Waals surface area (Å²) >= 11 is 1.80. The lowest BCUT2D eigenvalue weighted by molar-refractivity contribution is -0.365. The molecule has 0 atom stereocenters. The Hall–Kier alpha value is -3.40. The highest BCUT2D eigenvalue weighted by Crippen LogP contribution is 2.63. The third-order valence-electron chi connectivity index (χ3n) is 7.14. The molecule has 0 N–H and O–H groups in total. The molecule has 0 amide bonds. The first-order valence-corrected chi connectivity index (χ1v) is 13.9. The van der Waals surface area contributed by atoms with E-state index in [9.17, 15) is 35.9 Å². The first-order chi connectivity index (χ1) is 20.1. The highest BCUT2D eigenvalue weighted by molar-refractivity contribution is 7.24. The third-order valence-corrected chi connectivity index (χ3v) is 9.57. The molecule has 7 rings (SSSR count). The summed E-state index contributed by atoms with van der Waals surface area (Å²) < 4.78 is 107. The fourth-order valence-corrected chi connectivity index (χ4v) is 7.84. The molecule has 3 aliphatic rings. The van der Waals surface area contributed by atoms with Crippen LogP contribution in [-0.4, -0.2) is 38.0 Å². The molecule has 0 radical (unpaired) electrons. The van der Waals surface area contributed by atoms with Gasteiger partial charge in [-0.25, -0.2) is 26.3 Å². The molecule has 0 saturated carbocycles. The van der Waals surface area contributed by atoms with Crippen LogP contribution in [0.4, 0.5) is 26.3 Å². The molecular formula is C28H14F6O6S2. The van der Waals surface area contributed by atoms with Gasteiger partial charge in [-0.15, -0.1) is 22.7 Å². The smallest absolute Gasteiger partial charge is 0.257 e. The zero-order valence-electron chi connectivity index (χ0n) is 20.8. The van der Waals surface area contributed by atoms with E-state index in [-0.39, 0.29) is 47.3 Å². The van der Waals surface area contributed by atoms with Crippen molar-refractivity contribution < 1.29 is 54.9 Å². The van der Waals surface area contributed by atoms with E-state index in [2.05, 4.69) is 0 Å². The fourth-order valence-electron chi connectivity index (χ4n) is 5.36. The molecular weight excluding hydrogens is 610 g/mol. The largest absolute Gasteiger partial charge is 0.339 e. The van der Waals surface area contributed by atoms with Crippen LogP contribution < -0.4 is 0 Å². The second-order valence-electron chi connectivity index (χ2n) is 9.50. The van der Waals surface area contributed by atoms with E-state index < -0.39 is 69.2 Å². The highest BCUT2D eigenvalue weighted by Gasteiger charge is 2.67. The van der Waals surface area contributed by atoms with Gasteiger partial charge in [0.25, 0.3) is 11.6 Å². The van der Waals surface area contributed by atoms with Crippen LogP contribution >= 0.6 is 22.7 Å². The van der Waals surface area contributed by atoms with E-state index in [0.29, 0.717) is 34.0 Å². The molecule has 2 aromatic heterocycles. The molecule has 4 heterocycles. The zero-order chi connectivity index (χ0) is 29.6. The number of ether oxygens (including phenoxy) is 4. The molecule has 0 unspecified atom stereocenters. The summed E-state index contributed by atoms with van der Waals surface area (Å²) in [6.07, 6.45) is 0. The summed E-state index contributed by atoms with van der Waals surface area (Å²) in [5.74, 6) is -14.8. The molecule has 0 bridgehead atoms. The Morgan fingerprint density at radius 3 is 1.17 bits per heavy atom. The van der Waals surface area contributed by atoms with Crippen LogP contribution in [0, 0.1) is 34.9 Å². The van der Waals surface area contributed by atoms with Crippen LogP contribution in [-0.2, 0) is 30.5 Å². The van der Waals surface area contributed by atoms with E-state index in [1.807, 2.05) is 0 Å². The van der Waals surface area contributed by atoms with Gasteiger partial charge in [0.15, 0.2) is 34.9 Å². The molecule has 4 aromatic rings. The molecule has 14 heteroatoms. The van der Waals surface area contributed by atoms with Crippen molar-refractivity contribution >= 4 is 34.2 Å². The van der Waals surface area contributed by atoms with Crippen LogP contribution in [0.25, 0.3) is 9.75 Å².